The molecule has 30 heavy (non-hydrogen) atoms. The average molecular weight is 497 g/mol. The van der Waals surface area contributed by atoms with Gasteiger partial charge in [0.1, 0.15) is 17.1 Å². The molecule has 0 aliphatic rings. The van der Waals surface area contributed by atoms with E-state index in [-0.39, 0.29) is 34.7 Å². The number of rotatable bonds is 7. The van der Waals surface area contributed by atoms with Crippen molar-refractivity contribution in [3.63, 3.8) is 0 Å². The van der Waals surface area contributed by atoms with Gasteiger partial charge in [0.05, 0.1) is 9.72 Å². The molecule has 0 bridgehead atoms. The van der Waals surface area contributed by atoms with E-state index >= 15 is 0 Å². The summed E-state index contributed by atoms with van der Waals surface area (Å²) in [5.74, 6) is -1.55. The number of thiazole rings is 1. The summed E-state index contributed by atoms with van der Waals surface area (Å²) in [4.78, 5) is 20.3. The molecule has 0 spiro atoms. The van der Waals surface area contributed by atoms with Crippen LogP contribution in [0.2, 0.25) is 10.0 Å². The maximum absolute atomic E-state index is 14.0. The molecule has 3 rings (SSSR count). The van der Waals surface area contributed by atoms with Crippen LogP contribution in [-0.4, -0.2) is 49.6 Å². The summed E-state index contributed by atoms with van der Waals surface area (Å²) in [5, 5.41) is 0.995. The summed E-state index contributed by atoms with van der Waals surface area (Å²) in [6, 6.07) is 6.64. The van der Waals surface area contributed by atoms with Crippen LogP contribution in [0.1, 0.15) is 0 Å². The van der Waals surface area contributed by atoms with Gasteiger partial charge < -0.3 is 9.64 Å². The first kappa shape index (κ1) is 24.6. The fourth-order valence-corrected chi connectivity index (χ4v) is 4.01. The number of carbonyl (C=O) groups is 1. The summed E-state index contributed by atoms with van der Waals surface area (Å²) >= 11 is 13.0. The third kappa shape index (κ3) is 5.92. The number of aromatic nitrogens is 1. The molecule has 1 aromatic heterocycles. The summed E-state index contributed by atoms with van der Waals surface area (Å²) in [5.41, 5.74) is 0.0238. The lowest BCUT2D eigenvalue weighted by Crippen LogP contribution is -2.39. The number of hydrogen-bond acceptors (Lipinski definition) is 5. The summed E-state index contributed by atoms with van der Waals surface area (Å²) in [6.07, 6.45) is 0. The van der Waals surface area contributed by atoms with Crippen LogP contribution in [-0.2, 0) is 4.79 Å². The minimum absolute atomic E-state index is 0. The Kier molecular flexibility index (Phi) is 8.63. The Balaban J connectivity index is 0.00000320. The van der Waals surface area contributed by atoms with Crippen LogP contribution < -0.4 is 9.64 Å². The first-order valence-electron chi connectivity index (χ1n) is 8.53. The second kappa shape index (κ2) is 10.5. The summed E-state index contributed by atoms with van der Waals surface area (Å²) < 4.78 is 33.4. The Morgan fingerprint density at radius 1 is 1.17 bits per heavy atom. The minimum atomic E-state index is -0.772. The molecule has 1 heterocycles. The molecule has 0 radical (unpaired) electrons. The fraction of sp³-hybridized carbons (Fsp3) is 0.263. The minimum Gasteiger partial charge on any atom is -0.482 e. The number of nitrogens with zero attached hydrogens (tertiary/aromatic N) is 3. The smallest absolute Gasteiger partial charge is 0.266 e. The van der Waals surface area contributed by atoms with Crippen molar-refractivity contribution < 1.29 is 18.3 Å². The third-order valence-corrected chi connectivity index (χ3v) is 5.51. The zero-order valence-electron chi connectivity index (χ0n) is 16.0. The second-order valence-corrected chi connectivity index (χ2v) is 8.30. The average Bonchev–Trinajstić information content (AvgIpc) is 3.04. The highest BCUT2D eigenvalue weighted by Crippen LogP contribution is 2.32. The number of ether oxygens (including phenoxy) is 1. The van der Waals surface area contributed by atoms with Gasteiger partial charge in [-0.3, -0.25) is 9.69 Å². The van der Waals surface area contributed by atoms with Gasteiger partial charge in [0.15, 0.2) is 17.6 Å². The first-order chi connectivity index (χ1) is 13.7. The Bertz CT molecular complexity index is 1050. The van der Waals surface area contributed by atoms with Gasteiger partial charge in [-0.05, 0) is 38.4 Å². The molecule has 1 amide bonds. The lowest BCUT2D eigenvalue weighted by molar-refractivity contribution is -0.120. The third-order valence-electron chi connectivity index (χ3n) is 3.95. The summed E-state index contributed by atoms with van der Waals surface area (Å²) in [6.45, 7) is 0.537. The van der Waals surface area contributed by atoms with Crippen LogP contribution >= 0.6 is 46.9 Å². The van der Waals surface area contributed by atoms with Crippen molar-refractivity contribution in [1.29, 1.82) is 0 Å². The van der Waals surface area contributed by atoms with Gasteiger partial charge in [-0.2, -0.15) is 0 Å². The Hall–Kier alpha value is -1.71. The van der Waals surface area contributed by atoms with Crippen LogP contribution in [0.3, 0.4) is 0 Å². The molecule has 0 aliphatic carbocycles. The number of anilines is 1. The molecule has 0 aliphatic heterocycles. The van der Waals surface area contributed by atoms with Crippen molar-refractivity contribution in [3.05, 3.63) is 52.0 Å². The monoisotopic (exact) mass is 495 g/mol. The van der Waals surface area contributed by atoms with E-state index in [1.807, 2.05) is 19.0 Å². The molecule has 0 fully saturated rings. The molecule has 162 valence electrons. The second-order valence-electron chi connectivity index (χ2n) is 6.44. The van der Waals surface area contributed by atoms with E-state index in [1.54, 1.807) is 12.1 Å². The SMILES string of the molecule is CN(C)CCN(C(=O)COc1ccc(Cl)cc1Cl)c1nc2c(F)cc(F)cc2s1.Cl. The van der Waals surface area contributed by atoms with Gasteiger partial charge in [-0.25, -0.2) is 13.8 Å². The van der Waals surface area contributed by atoms with Crippen LogP contribution in [0.25, 0.3) is 10.2 Å². The van der Waals surface area contributed by atoms with E-state index in [4.69, 9.17) is 27.9 Å². The standard InChI is InChI=1S/C19H17Cl2F2N3O2S.ClH/c1-25(2)5-6-26(17(27)10-28-15-4-3-11(20)7-13(15)21)19-24-18-14(23)8-12(22)9-16(18)29-19;/h3-4,7-9H,5-6,10H2,1-2H3;1H. The molecule has 0 saturated carbocycles. The van der Waals surface area contributed by atoms with E-state index in [0.717, 1.165) is 17.4 Å². The van der Waals surface area contributed by atoms with Crippen molar-refractivity contribution in [2.45, 2.75) is 0 Å². The Morgan fingerprint density at radius 2 is 1.90 bits per heavy atom. The highest BCUT2D eigenvalue weighted by atomic mass is 35.5. The Morgan fingerprint density at radius 3 is 2.57 bits per heavy atom. The molecule has 3 aromatic rings. The van der Waals surface area contributed by atoms with Gasteiger partial charge in [0, 0.05) is 24.2 Å². The van der Waals surface area contributed by atoms with Gasteiger partial charge in [-0.1, -0.05) is 34.5 Å². The number of carbonyl (C=O) groups excluding carboxylic acids is 1. The van der Waals surface area contributed by atoms with Crippen LogP contribution in [0.5, 0.6) is 5.75 Å². The molecule has 2 aromatic carbocycles. The highest BCUT2D eigenvalue weighted by Gasteiger charge is 2.22. The van der Waals surface area contributed by atoms with E-state index in [9.17, 15) is 13.6 Å². The number of likely N-dealkylation sites (N-methyl/N-ethyl adjacent to an activating group) is 1. The normalized spacial score (nSPS) is 10.9. The predicted molar refractivity (Wildman–Crippen MR) is 120 cm³/mol. The molecule has 0 N–H and O–H groups in total. The lowest BCUT2D eigenvalue weighted by atomic mass is 10.3. The molecule has 0 atom stereocenters. The number of halogens is 5. The van der Waals surface area contributed by atoms with E-state index < -0.39 is 17.5 Å². The quantitative estimate of drug-likeness (QED) is 0.447. The van der Waals surface area contributed by atoms with Gasteiger partial charge in [-0.15, -0.1) is 12.4 Å². The van der Waals surface area contributed by atoms with Gasteiger partial charge >= 0.3 is 0 Å². The van der Waals surface area contributed by atoms with Crippen LogP contribution in [0.15, 0.2) is 30.3 Å². The van der Waals surface area contributed by atoms with E-state index in [2.05, 4.69) is 4.98 Å². The van der Waals surface area contributed by atoms with Crippen molar-refractivity contribution in [3.8, 4) is 5.75 Å². The van der Waals surface area contributed by atoms with Crippen LogP contribution in [0, 0.1) is 11.6 Å². The number of amides is 1. The van der Waals surface area contributed by atoms with Gasteiger partial charge in [0.25, 0.3) is 5.91 Å². The molecular weight excluding hydrogens is 479 g/mol. The topological polar surface area (TPSA) is 45.7 Å². The Labute approximate surface area is 192 Å². The van der Waals surface area contributed by atoms with Crippen molar-refractivity contribution in [2.24, 2.45) is 0 Å². The molecule has 0 unspecified atom stereocenters. The van der Waals surface area contributed by atoms with Gasteiger partial charge in [0.2, 0.25) is 0 Å². The highest BCUT2D eigenvalue weighted by molar-refractivity contribution is 7.22. The van der Waals surface area contributed by atoms with Crippen molar-refractivity contribution >= 4 is 68.2 Å². The largest absolute Gasteiger partial charge is 0.482 e. The summed E-state index contributed by atoms with van der Waals surface area (Å²) in [7, 11) is 3.72. The molecule has 0 saturated heterocycles. The molecular formula is C19H18Cl3F2N3O2S. The maximum Gasteiger partial charge on any atom is 0.266 e. The number of benzene rings is 2. The zero-order chi connectivity index (χ0) is 21.1. The predicted octanol–water partition coefficient (Wildman–Crippen LogP) is 5.28. The lowest BCUT2D eigenvalue weighted by Gasteiger charge is -2.22. The van der Waals surface area contributed by atoms with Crippen molar-refractivity contribution in [2.75, 3.05) is 38.7 Å². The molecule has 11 heteroatoms. The first-order valence-corrected chi connectivity index (χ1v) is 10.1. The zero-order valence-corrected chi connectivity index (χ0v) is 19.1. The fourth-order valence-electron chi connectivity index (χ4n) is 2.50. The number of hydrogen-bond donors (Lipinski definition) is 0. The maximum atomic E-state index is 14.0. The van der Waals surface area contributed by atoms with E-state index in [0.29, 0.717) is 28.6 Å². The number of fused-ring (bicyclic) bond motifs is 1. The van der Waals surface area contributed by atoms with E-state index in [1.165, 1.54) is 17.0 Å². The van der Waals surface area contributed by atoms with Crippen molar-refractivity contribution in [1.82, 2.24) is 9.88 Å². The molecule has 5 nitrogen and oxygen atoms in total. The van der Waals surface area contributed by atoms with Crippen LogP contribution in [0.4, 0.5) is 13.9 Å².